The fourth-order valence-electron chi connectivity index (χ4n) is 7.51. The van der Waals surface area contributed by atoms with Crippen LogP contribution < -0.4 is 0 Å². The van der Waals surface area contributed by atoms with Gasteiger partial charge in [-0.25, -0.2) is 0 Å². The molecule has 0 aliphatic rings. The summed E-state index contributed by atoms with van der Waals surface area (Å²) in [5.41, 5.74) is 11.6. The summed E-state index contributed by atoms with van der Waals surface area (Å²) in [6.45, 7) is 0. The van der Waals surface area contributed by atoms with Crippen molar-refractivity contribution in [3.05, 3.63) is 218 Å². The van der Waals surface area contributed by atoms with Crippen LogP contribution in [0, 0.1) is 6.07 Å². The van der Waals surface area contributed by atoms with Gasteiger partial charge in [-0.1, -0.05) is 146 Å². The fourth-order valence-corrected chi connectivity index (χ4v) is 7.51. The molecule has 0 saturated heterocycles. The monoisotopic (exact) mass is 915 g/mol. The number of imidazole rings is 1. The van der Waals surface area contributed by atoms with Gasteiger partial charge < -0.3 is 9.67 Å². The van der Waals surface area contributed by atoms with Crippen molar-refractivity contribution < 1.29 is 26.2 Å². The van der Waals surface area contributed by atoms with Crippen molar-refractivity contribution in [2.24, 2.45) is 0 Å². The normalized spacial score (nSPS) is 11.2. The van der Waals surface area contributed by atoms with E-state index in [1.165, 1.54) is 10.9 Å². The molecule has 0 aliphatic carbocycles. The van der Waals surface area contributed by atoms with Crippen molar-refractivity contribution in [2.45, 2.75) is 12.8 Å². The van der Waals surface area contributed by atoms with E-state index in [1.54, 1.807) is 0 Å². The number of aromatic nitrogens is 3. The van der Waals surface area contributed by atoms with E-state index in [-0.39, 0.29) is 26.8 Å². The van der Waals surface area contributed by atoms with Crippen molar-refractivity contribution in [1.29, 1.82) is 0 Å². The molecule has 9 aromatic rings. The molecule has 0 aliphatic heterocycles. The predicted molar refractivity (Wildman–Crippen MR) is 230 cm³/mol. The van der Waals surface area contributed by atoms with E-state index in [0.29, 0.717) is 17.7 Å². The topological polar surface area (TPSA) is 50.9 Å². The van der Waals surface area contributed by atoms with Crippen LogP contribution in [0.2, 0.25) is 0 Å². The Hall–Kier alpha value is -6.61. The van der Waals surface area contributed by atoms with Gasteiger partial charge in [-0.05, 0) is 63.7 Å². The van der Waals surface area contributed by atoms with Crippen molar-refractivity contribution in [3.8, 4) is 67.5 Å². The molecule has 0 spiro atoms. The molecule has 0 atom stereocenters. The SMILES string of the molecule is Oc1c(C/C=C\Cc2cncc3ccccc23)cc(-c2ccccc2)cc1-c1cn(-c2c(-c3ccccc3)cccc2-c2ccccc2)c(-c2[c-]cccc2)n1.[Pt]. The first kappa shape index (κ1) is 37.3. The fraction of sp³-hybridized carbons (Fsp3) is 0.0385. The summed E-state index contributed by atoms with van der Waals surface area (Å²) in [5, 5.41) is 14.5. The van der Waals surface area contributed by atoms with E-state index in [2.05, 4.69) is 143 Å². The number of hydrogen-bond donors (Lipinski definition) is 1. The Bertz CT molecular complexity index is 2740. The van der Waals surface area contributed by atoms with Gasteiger partial charge in [-0.3, -0.25) is 9.97 Å². The molecule has 0 unspecified atom stereocenters. The second-order valence-electron chi connectivity index (χ2n) is 13.8. The van der Waals surface area contributed by atoms with Crippen LogP contribution >= 0.6 is 0 Å². The second-order valence-corrected chi connectivity index (χ2v) is 13.8. The summed E-state index contributed by atoms with van der Waals surface area (Å²) in [6, 6.07) is 61.6. The van der Waals surface area contributed by atoms with Crippen molar-refractivity contribution in [1.82, 2.24) is 14.5 Å². The number of para-hydroxylation sites is 1. The number of phenols is 1. The van der Waals surface area contributed by atoms with E-state index < -0.39 is 0 Å². The van der Waals surface area contributed by atoms with Crippen LogP contribution in [0.3, 0.4) is 0 Å². The second kappa shape index (κ2) is 17.0. The zero-order chi connectivity index (χ0) is 37.7. The molecule has 0 saturated carbocycles. The standard InChI is InChI=1S/C52H38N3O.Pt/c56-51-41(26-13-14-27-42-34-53-35-43-28-15-16-29-45(42)43)32-44(37-18-5-1-6-19-37)33-48(51)49-36-55(52(54-49)40-24-11-4-12-25-40)50-46(38-20-7-2-8-21-38)30-17-31-47(50)39-22-9-3-10-23-39;/h1-24,28-36,56H,26-27H2;/q-1;/b14-13-;. The van der Waals surface area contributed by atoms with Gasteiger partial charge in [0.25, 0.3) is 0 Å². The number of fused-ring (bicyclic) bond motifs is 1. The van der Waals surface area contributed by atoms with Crippen molar-refractivity contribution >= 4 is 10.8 Å². The molecule has 9 rings (SSSR count). The zero-order valence-corrected chi connectivity index (χ0v) is 33.3. The number of pyridine rings is 1. The number of rotatable bonds is 10. The van der Waals surface area contributed by atoms with E-state index in [0.717, 1.165) is 67.8 Å². The Morgan fingerprint density at radius 1 is 0.561 bits per heavy atom. The van der Waals surface area contributed by atoms with Gasteiger partial charge in [-0.2, -0.15) is 0 Å². The minimum atomic E-state index is 0. The Labute approximate surface area is 347 Å². The summed E-state index contributed by atoms with van der Waals surface area (Å²) >= 11 is 0. The minimum absolute atomic E-state index is 0. The van der Waals surface area contributed by atoms with Gasteiger partial charge >= 0.3 is 0 Å². The maximum atomic E-state index is 12.2. The van der Waals surface area contributed by atoms with Gasteiger partial charge in [0.2, 0.25) is 0 Å². The average molecular weight is 916 g/mol. The Balaban J connectivity index is 0.00000455. The van der Waals surface area contributed by atoms with Crippen LogP contribution in [0.25, 0.3) is 72.5 Å². The number of aromatic hydroxyl groups is 1. The van der Waals surface area contributed by atoms with E-state index in [1.807, 2.05) is 73.1 Å². The van der Waals surface area contributed by atoms with E-state index >= 15 is 0 Å². The third kappa shape index (κ3) is 7.78. The zero-order valence-electron chi connectivity index (χ0n) is 31.1. The largest absolute Gasteiger partial charge is 0.507 e. The molecule has 1 N–H and O–H groups in total. The number of phenolic OH excluding ortho intramolecular Hbond substituents is 1. The smallest absolute Gasteiger partial charge is 0.128 e. The quantitative estimate of drug-likeness (QED) is 0.110. The molecule has 2 heterocycles. The van der Waals surface area contributed by atoms with Gasteiger partial charge in [0.1, 0.15) is 5.75 Å². The first-order chi connectivity index (χ1) is 27.7. The van der Waals surface area contributed by atoms with Crippen LogP contribution in [-0.4, -0.2) is 19.6 Å². The molecule has 278 valence electrons. The van der Waals surface area contributed by atoms with Crippen LogP contribution in [0.5, 0.6) is 5.75 Å². The Morgan fingerprint density at radius 3 is 1.84 bits per heavy atom. The van der Waals surface area contributed by atoms with Crippen molar-refractivity contribution in [3.63, 3.8) is 0 Å². The number of benzene rings is 7. The third-order valence-electron chi connectivity index (χ3n) is 10.3. The van der Waals surface area contributed by atoms with Crippen LogP contribution in [0.15, 0.2) is 201 Å². The number of hydrogen-bond acceptors (Lipinski definition) is 3. The van der Waals surface area contributed by atoms with Crippen LogP contribution in [-0.2, 0) is 33.9 Å². The van der Waals surface area contributed by atoms with Gasteiger partial charge in [0.15, 0.2) is 0 Å². The van der Waals surface area contributed by atoms with Gasteiger partial charge in [0, 0.05) is 61.7 Å². The molecular formula is C52H38N3OPt-. The van der Waals surface area contributed by atoms with Crippen molar-refractivity contribution in [2.75, 3.05) is 0 Å². The molecular weight excluding hydrogens is 878 g/mol. The van der Waals surface area contributed by atoms with Crippen LogP contribution in [0.4, 0.5) is 0 Å². The summed E-state index contributed by atoms with van der Waals surface area (Å²) in [4.78, 5) is 9.81. The molecule has 0 radical (unpaired) electrons. The molecule has 7 aromatic carbocycles. The summed E-state index contributed by atoms with van der Waals surface area (Å²) in [6.07, 6.45) is 11.5. The van der Waals surface area contributed by atoms with Crippen LogP contribution in [0.1, 0.15) is 11.1 Å². The number of allylic oxidation sites excluding steroid dienone is 2. The summed E-state index contributed by atoms with van der Waals surface area (Å²) in [5.74, 6) is 0.949. The minimum Gasteiger partial charge on any atom is -0.507 e. The first-order valence-corrected chi connectivity index (χ1v) is 18.9. The average Bonchev–Trinajstić information content (AvgIpc) is 3.71. The predicted octanol–water partition coefficient (Wildman–Crippen LogP) is 12.6. The molecule has 57 heavy (non-hydrogen) atoms. The molecule has 2 aromatic heterocycles. The summed E-state index contributed by atoms with van der Waals surface area (Å²) < 4.78 is 2.18. The molecule has 5 heteroatoms. The first-order valence-electron chi connectivity index (χ1n) is 18.9. The third-order valence-corrected chi connectivity index (χ3v) is 10.3. The van der Waals surface area contributed by atoms with E-state index in [9.17, 15) is 5.11 Å². The van der Waals surface area contributed by atoms with Gasteiger partial charge in [0.05, 0.1) is 17.2 Å². The summed E-state index contributed by atoms with van der Waals surface area (Å²) in [7, 11) is 0. The van der Waals surface area contributed by atoms with Gasteiger partial charge in [-0.15, -0.1) is 35.9 Å². The van der Waals surface area contributed by atoms with E-state index in [4.69, 9.17) is 4.98 Å². The Kier molecular flexibility index (Phi) is 11.2. The molecule has 4 nitrogen and oxygen atoms in total. The number of nitrogens with zero attached hydrogens (tertiary/aromatic N) is 3. The maximum absolute atomic E-state index is 12.2. The maximum Gasteiger partial charge on any atom is 0.128 e. The molecule has 0 amide bonds. The Morgan fingerprint density at radius 2 is 1.18 bits per heavy atom. The molecule has 0 fully saturated rings. The molecule has 0 bridgehead atoms.